The maximum atomic E-state index is 12.1. The highest BCUT2D eigenvalue weighted by atomic mass is 16.2. The number of anilines is 1. The van der Waals surface area contributed by atoms with E-state index >= 15 is 0 Å². The smallest absolute Gasteiger partial charge is 0.278 e. The maximum Gasteiger partial charge on any atom is 0.278 e. The number of hydrogen-bond donors (Lipinski definition) is 1. The van der Waals surface area contributed by atoms with Crippen molar-refractivity contribution in [3.63, 3.8) is 0 Å². The van der Waals surface area contributed by atoms with Crippen LogP contribution in [0.1, 0.15) is 28.2 Å². The lowest BCUT2D eigenvalue weighted by molar-refractivity contribution is 0.102. The van der Waals surface area contributed by atoms with Crippen LogP contribution in [0.3, 0.4) is 0 Å². The molecule has 0 saturated heterocycles. The van der Waals surface area contributed by atoms with Gasteiger partial charge in [-0.25, -0.2) is 9.97 Å². The fourth-order valence-corrected chi connectivity index (χ4v) is 2.32. The summed E-state index contributed by atoms with van der Waals surface area (Å²) in [6.07, 6.45) is 6.18. The first-order valence-corrected chi connectivity index (χ1v) is 5.89. The average molecular weight is 243 g/mol. The van der Waals surface area contributed by atoms with Gasteiger partial charge in [0.15, 0.2) is 5.69 Å². The molecular formula is C12H13N5O. The normalized spacial score (nSPS) is 13.4. The van der Waals surface area contributed by atoms with Gasteiger partial charge in [-0.2, -0.15) is 5.10 Å². The molecule has 0 unspecified atom stereocenters. The van der Waals surface area contributed by atoms with Gasteiger partial charge >= 0.3 is 0 Å². The quantitative estimate of drug-likeness (QED) is 0.852. The number of carbonyl (C=O) groups excluding carboxylic acids is 1. The molecule has 2 heterocycles. The topological polar surface area (TPSA) is 72.7 Å². The van der Waals surface area contributed by atoms with Crippen molar-refractivity contribution < 1.29 is 4.79 Å². The van der Waals surface area contributed by atoms with Crippen LogP contribution in [0, 0.1) is 0 Å². The number of nitrogens with zero attached hydrogens (tertiary/aromatic N) is 4. The van der Waals surface area contributed by atoms with E-state index in [0.717, 1.165) is 30.5 Å². The fourth-order valence-electron chi connectivity index (χ4n) is 2.32. The summed E-state index contributed by atoms with van der Waals surface area (Å²) in [7, 11) is 1.87. The van der Waals surface area contributed by atoms with Gasteiger partial charge in [-0.1, -0.05) is 0 Å². The van der Waals surface area contributed by atoms with Crippen molar-refractivity contribution in [1.82, 2.24) is 19.7 Å². The van der Waals surface area contributed by atoms with Crippen LogP contribution in [0.15, 0.2) is 18.5 Å². The third kappa shape index (κ3) is 1.75. The third-order valence-electron chi connectivity index (χ3n) is 3.12. The van der Waals surface area contributed by atoms with Gasteiger partial charge in [-0.15, -0.1) is 0 Å². The largest absolute Gasteiger partial charge is 0.289 e. The Hall–Kier alpha value is -2.24. The average Bonchev–Trinajstić information content (AvgIpc) is 2.95. The zero-order chi connectivity index (χ0) is 12.5. The first-order chi connectivity index (χ1) is 8.75. The molecule has 92 valence electrons. The van der Waals surface area contributed by atoms with Crippen LogP contribution in [0.2, 0.25) is 0 Å². The molecule has 2 aromatic rings. The van der Waals surface area contributed by atoms with E-state index in [1.165, 1.54) is 0 Å². The first-order valence-electron chi connectivity index (χ1n) is 5.89. The van der Waals surface area contributed by atoms with Crippen LogP contribution in [0.25, 0.3) is 0 Å². The van der Waals surface area contributed by atoms with E-state index in [4.69, 9.17) is 0 Å². The second-order valence-electron chi connectivity index (χ2n) is 4.28. The zero-order valence-electron chi connectivity index (χ0n) is 10.1. The summed E-state index contributed by atoms with van der Waals surface area (Å²) in [4.78, 5) is 20.1. The number of rotatable bonds is 2. The molecule has 6 nitrogen and oxygen atoms in total. The minimum absolute atomic E-state index is 0.236. The van der Waals surface area contributed by atoms with Crippen molar-refractivity contribution >= 4 is 11.9 Å². The summed E-state index contributed by atoms with van der Waals surface area (Å²) in [6.45, 7) is 0. The molecule has 0 atom stereocenters. The Morgan fingerprint density at radius 3 is 2.89 bits per heavy atom. The Bertz CT molecular complexity index is 590. The molecule has 0 aromatic carbocycles. The molecular weight excluding hydrogens is 230 g/mol. The number of aromatic nitrogens is 4. The molecule has 3 rings (SSSR count). The van der Waals surface area contributed by atoms with Gasteiger partial charge in [-0.3, -0.25) is 14.8 Å². The molecule has 1 aliphatic carbocycles. The molecule has 0 fully saturated rings. The lowest BCUT2D eigenvalue weighted by Gasteiger charge is -2.01. The number of carbonyl (C=O) groups is 1. The van der Waals surface area contributed by atoms with E-state index < -0.39 is 0 Å². The van der Waals surface area contributed by atoms with E-state index in [-0.39, 0.29) is 5.91 Å². The molecule has 2 aromatic heterocycles. The Morgan fingerprint density at radius 1 is 1.33 bits per heavy atom. The minimum atomic E-state index is -0.236. The number of aryl methyl sites for hydroxylation is 1. The van der Waals surface area contributed by atoms with Crippen LogP contribution in [0.5, 0.6) is 0 Å². The van der Waals surface area contributed by atoms with E-state index in [9.17, 15) is 4.79 Å². The van der Waals surface area contributed by atoms with Crippen LogP contribution in [-0.2, 0) is 19.9 Å². The summed E-state index contributed by atoms with van der Waals surface area (Å²) in [5, 5.41) is 6.94. The molecule has 1 aliphatic rings. The standard InChI is InChI=1S/C12H13N5O/c1-17-9-5-2-4-8(9)10(16-17)11(18)15-12-13-6-3-7-14-12/h3,6-7H,2,4-5H2,1H3,(H,13,14,15,18). The van der Waals surface area contributed by atoms with Crippen LogP contribution in [0.4, 0.5) is 5.95 Å². The van der Waals surface area contributed by atoms with Gasteiger partial charge in [0.05, 0.1) is 0 Å². The van der Waals surface area contributed by atoms with Gasteiger partial charge in [0.1, 0.15) is 0 Å². The van der Waals surface area contributed by atoms with Crippen LogP contribution < -0.4 is 5.32 Å². The van der Waals surface area contributed by atoms with Crippen molar-refractivity contribution in [3.05, 3.63) is 35.4 Å². The third-order valence-corrected chi connectivity index (χ3v) is 3.12. The van der Waals surface area contributed by atoms with Crippen molar-refractivity contribution in [3.8, 4) is 0 Å². The summed E-state index contributed by atoms with van der Waals surface area (Å²) < 4.78 is 1.79. The molecule has 6 heteroatoms. The van der Waals surface area contributed by atoms with Crippen molar-refractivity contribution in [2.75, 3.05) is 5.32 Å². The lowest BCUT2D eigenvalue weighted by atomic mass is 10.2. The van der Waals surface area contributed by atoms with E-state index in [0.29, 0.717) is 11.6 Å². The van der Waals surface area contributed by atoms with Gasteiger partial charge in [-0.05, 0) is 25.3 Å². The number of nitrogens with one attached hydrogen (secondary N) is 1. The Balaban J connectivity index is 1.88. The molecule has 1 amide bonds. The monoisotopic (exact) mass is 243 g/mol. The van der Waals surface area contributed by atoms with Crippen molar-refractivity contribution in [1.29, 1.82) is 0 Å². The second kappa shape index (κ2) is 4.21. The molecule has 0 saturated carbocycles. The molecule has 18 heavy (non-hydrogen) atoms. The van der Waals surface area contributed by atoms with E-state index in [2.05, 4.69) is 20.4 Å². The van der Waals surface area contributed by atoms with E-state index in [1.54, 1.807) is 23.1 Å². The highest BCUT2D eigenvalue weighted by Crippen LogP contribution is 2.24. The Labute approximate surface area is 104 Å². The van der Waals surface area contributed by atoms with Crippen molar-refractivity contribution in [2.24, 2.45) is 7.05 Å². The number of amides is 1. The van der Waals surface area contributed by atoms with E-state index in [1.807, 2.05) is 7.05 Å². The second-order valence-corrected chi connectivity index (χ2v) is 4.28. The SMILES string of the molecule is Cn1nc(C(=O)Nc2ncccn2)c2c1CCC2. The van der Waals surface area contributed by atoms with Crippen molar-refractivity contribution in [2.45, 2.75) is 19.3 Å². The lowest BCUT2D eigenvalue weighted by Crippen LogP contribution is -2.16. The number of hydrogen-bond acceptors (Lipinski definition) is 4. The molecule has 0 radical (unpaired) electrons. The fraction of sp³-hybridized carbons (Fsp3) is 0.333. The molecule has 0 bridgehead atoms. The molecule has 0 aliphatic heterocycles. The predicted molar refractivity (Wildman–Crippen MR) is 65.2 cm³/mol. The first kappa shape index (κ1) is 10.9. The summed E-state index contributed by atoms with van der Waals surface area (Å²) >= 11 is 0. The highest BCUT2D eigenvalue weighted by molar-refractivity contribution is 6.03. The molecule has 1 N–H and O–H groups in total. The van der Waals surface area contributed by atoms with Gasteiger partial charge in [0.25, 0.3) is 5.91 Å². The summed E-state index contributed by atoms with van der Waals surface area (Å²) in [6, 6.07) is 1.70. The zero-order valence-corrected chi connectivity index (χ0v) is 10.1. The van der Waals surface area contributed by atoms with Gasteiger partial charge < -0.3 is 0 Å². The maximum absolute atomic E-state index is 12.1. The van der Waals surface area contributed by atoms with Gasteiger partial charge in [0, 0.05) is 30.7 Å². The highest BCUT2D eigenvalue weighted by Gasteiger charge is 2.25. The van der Waals surface area contributed by atoms with Crippen LogP contribution >= 0.6 is 0 Å². The van der Waals surface area contributed by atoms with Crippen LogP contribution in [-0.4, -0.2) is 25.7 Å². The van der Waals surface area contributed by atoms with Gasteiger partial charge in [0.2, 0.25) is 5.95 Å². The minimum Gasteiger partial charge on any atom is -0.289 e. The Morgan fingerprint density at radius 2 is 2.11 bits per heavy atom. The number of fused-ring (bicyclic) bond motifs is 1. The predicted octanol–water partition coefficient (Wildman–Crippen LogP) is 0.951. The molecule has 0 spiro atoms. The Kier molecular flexibility index (Phi) is 2.55. The summed E-state index contributed by atoms with van der Waals surface area (Å²) in [5.74, 6) is 0.0693. The summed E-state index contributed by atoms with van der Waals surface area (Å²) in [5.41, 5.74) is 2.72.